The summed E-state index contributed by atoms with van der Waals surface area (Å²) in [4.78, 5) is 6.78. The Morgan fingerprint density at radius 3 is 2.88 bits per heavy atom. The molecule has 1 aromatic rings. The number of likely N-dealkylation sites (N-methyl/N-ethyl adjacent to an activating group) is 1. The van der Waals surface area contributed by atoms with Gasteiger partial charge in [-0.3, -0.25) is 0 Å². The highest BCUT2D eigenvalue weighted by molar-refractivity contribution is 5.48. The Morgan fingerprint density at radius 1 is 1.50 bits per heavy atom. The lowest BCUT2D eigenvalue weighted by Crippen LogP contribution is -2.27. The molecule has 0 aromatic carbocycles. The number of nitrogens with two attached hydrogens (primary N) is 1. The van der Waals surface area contributed by atoms with Gasteiger partial charge in [0.15, 0.2) is 0 Å². The Balaban J connectivity index is 1.78. The van der Waals surface area contributed by atoms with Crippen LogP contribution in [0.25, 0.3) is 0 Å². The molecule has 1 saturated carbocycles. The van der Waals surface area contributed by atoms with Crippen molar-refractivity contribution in [2.24, 2.45) is 0 Å². The predicted octanol–water partition coefficient (Wildman–Crippen LogP) is 1.48. The summed E-state index contributed by atoms with van der Waals surface area (Å²) in [6, 6.07) is 4.65. The fraction of sp³-hybridized carbons (Fsp3) is 0.583. The van der Waals surface area contributed by atoms with Gasteiger partial charge >= 0.3 is 0 Å². The maximum absolute atomic E-state index is 5.72. The number of nitrogens with zero attached hydrogens (tertiary/aromatic N) is 2. The molecule has 1 aliphatic carbocycles. The molecule has 88 valence electrons. The topological polar surface area (TPSA) is 54.2 Å². The highest BCUT2D eigenvalue weighted by Gasteiger charge is 2.25. The zero-order chi connectivity index (χ0) is 11.5. The zero-order valence-corrected chi connectivity index (χ0v) is 10.0. The van der Waals surface area contributed by atoms with Crippen LogP contribution < -0.4 is 11.1 Å². The van der Waals surface area contributed by atoms with Crippen LogP contribution in [-0.2, 0) is 0 Å². The molecule has 4 heteroatoms. The molecule has 0 atom stereocenters. The lowest BCUT2D eigenvalue weighted by atomic mass is 10.3. The van der Waals surface area contributed by atoms with Gasteiger partial charge in [-0.25, -0.2) is 4.98 Å². The minimum atomic E-state index is 0.751. The van der Waals surface area contributed by atoms with Crippen LogP contribution in [0.1, 0.15) is 18.5 Å². The van der Waals surface area contributed by atoms with Gasteiger partial charge in [-0.15, -0.1) is 0 Å². The van der Waals surface area contributed by atoms with Crippen LogP contribution in [-0.4, -0.2) is 36.1 Å². The maximum Gasteiger partial charge on any atom is 0.126 e. The Labute approximate surface area is 96.8 Å². The molecule has 0 radical (unpaired) electrons. The van der Waals surface area contributed by atoms with E-state index in [1.165, 1.54) is 12.8 Å². The predicted molar refractivity (Wildman–Crippen MR) is 67.5 cm³/mol. The normalized spacial score (nSPS) is 15.4. The third kappa shape index (κ3) is 2.85. The molecule has 3 N–H and O–H groups in total. The first-order valence-corrected chi connectivity index (χ1v) is 5.84. The highest BCUT2D eigenvalue weighted by Crippen LogP contribution is 2.24. The zero-order valence-electron chi connectivity index (χ0n) is 10.0. The van der Waals surface area contributed by atoms with E-state index < -0.39 is 0 Å². The summed E-state index contributed by atoms with van der Waals surface area (Å²) < 4.78 is 0. The SMILES string of the molecule is Cc1nc(NCCN(C)C2CC2)ccc1N. The molecule has 2 rings (SSSR count). The fourth-order valence-corrected chi connectivity index (χ4v) is 1.73. The summed E-state index contributed by atoms with van der Waals surface area (Å²) in [5.74, 6) is 0.913. The van der Waals surface area contributed by atoms with Crippen molar-refractivity contribution in [3.8, 4) is 0 Å². The minimum Gasteiger partial charge on any atom is -0.397 e. The van der Waals surface area contributed by atoms with Crippen LogP contribution in [0, 0.1) is 6.92 Å². The Morgan fingerprint density at radius 2 is 2.25 bits per heavy atom. The van der Waals surface area contributed by atoms with Gasteiger partial charge in [0, 0.05) is 19.1 Å². The highest BCUT2D eigenvalue weighted by atomic mass is 15.2. The van der Waals surface area contributed by atoms with Crippen molar-refractivity contribution in [1.29, 1.82) is 0 Å². The van der Waals surface area contributed by atoms with Crippen molar-refractivity contribution < 1.29 is 0 Å². The number of rotatable bonds is 5. The van der Waals surface area contributed by atoms with E-state index in [0.29, 0.717) is 0 Å². The number of aromatic nitrogens is 1. The van der Waals surface area contributed by atoms with Crippen molar-refractivity contribution in [2.75, 3.05) is 31.2 Å². The van der Waals surface area contributed by atoms with Crippen LogP contribution in [0.3, 0.4) is 0 Å². The molecule has 1 aromatic heterocycles. The first kappa shape index (κ1) is 11.2. The molecule has 0 aliphatic heterocycles. The number of hydrogen-bond donors (Lipinski definition) is 2. The monoisotopic (exact) mass is 220 g/mol. The third-order valence-electron chi connectivity index (χ3n) is 3.07. The minimum absolute atomic E-state index is 0.751. The van der Waals surface area contributed by atoms with E-state index in [1.807, 2.05) is 19.1 Å². The van der Waals surface area contributed by atoms with E-state index in [1.54, 1.807) is 0 Å². The second kappa shape index (κ2) is 4.70. The summed E-state index contributed by atoms with van der Waals surface area (Å²) in [7, 11) is 2.18. The smallest absolute Gasteiger partial charge is 0.126 e. The summed E-state index contributed by atoms with van der Waals surface area (Å²) in [5.41, 5.74) is 7.36. The molecule has 16 heavy (non-hydrogen) atoms. The van der Waals surface area contributed by atoms with E-state index >= 15 is 0 Å². The van der Waals surface area contributed by atoms with Gasteiger partial charge in [0.05, 0.1) is 11.4 Å². The average molecular weight is 220 g/mol. The summed E-state index contributed by atoms with van der Waals surface area (Å²) in [5, 5.41) is 3.32. The lowest BCUT2D eigenvalue weighted by molar-refractivity contribution is 0.337. The van der Waals surface area contributed by atoms with Crippen LogP contribution in [0.4, 0.5) is 11.5 Å². The van der Waals surface area contributed by atoms with E-state index in [4.69, 9.17) is 5.73 Å². The molecule has 0 saturated heterocycles. The van der Waals surface area contributed by atoms with Crippen LogP contribution in [0.2, 0.25) is 0 Å². The Kier molecular flexibility index (Phi) is 3.29. The van der Waals surface area contributed by atoms with Crippen molar-refractivity contribution in [1.82, 2.24) is 9.88 Å². The van der Waals surface area contributed by atoms with Crippen LogP contribution in [0.15, 0.2) is 12.1 Å². The number of anilines is 2. The largest absolute Gasteiger partial charge is 0.397 e. The van der Waals surface area contributed by atoms with Gasteiger partial charge in [0.2, 0.25) is 0 Å². The molecular formula is C12H20N4. The van der Waals surface area contributed by atoms with Gasteiger partial charge in [0.1, 0.15) is 5.82 Å². The molecular weight excluding hydrogens is 200 g/mol. The van der Waals surface area contributed by atoms with Crippen molar-refractivity contribution in [2.45, 2.75) is 25.8 Å². The first-order valence-electron chi connectivity index (χ1n) is 5.84. The molecule has 1 fully saturated rings. The molecule has 0 bridgehead atoms. The van der Waals surface area contributed by atoms with E-state index in [9.17, 15) is 0 Å². The summed E-state index contributed by atoms with van der Waals surface area (Å²) in [6.45, 7) is 3.93. The van der Waals surface area contributed by atoms with Crippen molar-refractivity contribution in [3.05, 3.63) is 17.8 Å². The maximum atomic E-state index is 5.72. The van der Waals surface area contributed by atoms with E-state index in [2.05, 4.69) is 22.2 Å². The molecule has 0 unspecified atom stereocenters. The number of nitrogen functional groups attached to an aromatic ring is 1. The van der Waals surface area contributed by atoms with Gasteiger partial charge in [-0.05, 0) is 38.9 Å². The second-order valence-electron chi connectivity index (χ2n) is 4.51. The van der Waals surface area contributed by atoms with E-state index in [0.717, 1.165) is 36.3 Å². The molecule has 1 heterocycles. The third-order valence-corrected chi connectivity index (χ3v) is 3.07. The number of hydrogen-bond acceptors (Lipinski definition) is 4. The van der Waals surface area contributed by atoms with Gasteiger partial charge in [-0.2, -0.15) is 0 Å². The molecule has 4 nitrogen and oxygen atoms in total. The summed E-state index contributed by atoms with van der Waals surface area (Å²) in [6.07, 6.45) is 2.71. The van der Waals surface area contributed by atoms with Crippen LogP contribution in [0.5, 0.6) is 0 Å². The van der Waals surface area contributed by atoms with Crippen molar-refractivity contribution >= 4 is 11.5 Å². The molecule has 0 spiro atoms. The lowest BCUT2D eigenvalue weighted by Gasteiger charge is -2.16. The second-order valence-corrected chi connectivity index (χ2v) is 4.51. The number of pyridine rings is 1. The average Bonchev–Trinajstić information content (AvgIpc) is 3.07. The quantitative estimate of drug-likeness (QED) is 0.789. The Hall–Kier alpha value is -1.29. The number of nitrogens with one attached hydrogen (secondary N) is 1. The molecule has 1 aliphatic rings. The van der Waals surface area contributed by atoms with E-state index in [-0.39, 0.29) is 0 Å². The summed E-state index contributed by atoms with van der Waals surface area (Å²) >= 11 is 0. The van der Waals surface area contributed by atoms with Gasteiger partial charge < -0.3 is 16.0 Å². The van der Waals surface area contributed by atoms with Crippen LogP contribution >= 0.6 is 0 Å². The van der Waals surface area contributed by atoms with Gasteiger partial charge in [-0.1, -0.05) is 0 Å². The standard InChI is InChI=1S/C12H20N4/c1-9-11(13)5-6-12(15-9)14-7-8-16(2)10-3-4-10/h5-6,10H,3-4,7-8,13H2,1-2H3,(H,14,15). The van der Waals surface area contributed by atoms with Crippen molar-refractivity contribution in [3.63, 3.8) is 0 Å². The molecule has 0 amide bonds. The fourth-order valence-electron chi connectivity index (χ4n) is 1.73. The van der Waals surface area contributed by atoms with Gasteiger partial charge in [0.25, 0.3) is 0 Å². The number of aryl methyl sites for hydroxylation is 1. The first-order chi connectivity index (χ1) is 7.66. The Bertz CT molecular complexity index is 360.